The molecule has 0 bridgehead atoms. The van der Waals surface area contributed by atoms with Gasteiger partial charge in [-0.3, -0.25) is 14.8 Å². The van der Waals surface area contributed by atoms with Gasteiger partial charge in [-0.25, -0.2) is 17.5 Å². The second-order valence-corrected chi connectivity index (χ2v) is 8.28. The number of nitrogens with one attached hydrogen (secondary N) is 1. The van der Waals surface area contributed by atoms with Gasteiger partial charge in [0.05, 0.1) is 16.8 Å². The van der Waals surface area contributed by atoms with Crippen molar-refractivity contribution in [2.24, 2.45) is 5.41 Å². The van der Waals surface area contributed by atoms with Gasteiger partial charge in [-0.1, -0.05) is 20.8 Å². The van der Waals surface area contributed by atoms with Gasteiger partial charge in [0.25, 0.3) is 5.91 Å². The van der Waals surface area contributed by atoms with Crippen LogP contribution in [-0.2, 0) is 10.0 Å². The first-order valence-electron chi connectivity index (χ1n) is 7.02. The maximum absolute atomic E-state index is 13.6. The molecule has 0 atom stereocenters. The van der Waals surface area contributed by atoms with Crippen LogP contribution in [0, 0.1) is 11.2 Å². The predicted molar refractivity (Wildman–Crippen MR) is 84.8 cm³/mol. The number of amides is 1. The SMILES string of the molecule is CC(C)(C)CCS(=O)(=O)NC(=O)c1cc(F)cc2nccnc12. The summed E-state index contributed by atoms with van der Waals surface area (Å²) in [6.45, 7) is 5.71. The van der Waals surface area contributed by atoms with Crippen molar-refractivity contribution in [1.82, 2.24) is 14.7 Å². The monoisotopic (exact) mass is 339 g/mol. The number of hydrogen-bond donors (Lipinski definition) is 1. The molecule has 2 rings (SSSR count). The normalized spacial score (nSPS) is 12.3. The lowest BCUT2D eigenvalue weighted by Gasteiger charge is -2.17. The highest BCUT2D eigenvalue weighted by atomic mass is 32.2. The first kappa shape index (κ1) is 17.3. The van der Waals surface area contributed by atoms with Gasteiger partial charge in [0.1, 0.15) is 11.3 Å². The van der Waals surface area contributed by atoms with Crippen LogP contribution >= 0.6 is 0 Å². The standard InChI is InChI=1S/C15H18FN3O3S/c1-15(2,3)4-7-23(21,22)19-14(20)11-8-10(16)9-12-13(11)18-6-5-17-12/h5-6,8-9H,4,7H2,1-3H3,(H,19,20). The zero-order chi connectivity index (χ0) is 17.3. The van der Waals surface area contributed by atoms with Crippen LogP contribution in [0.15, 0.2) is 24.5 Å². The fourth-order valence-corrected chi connectivity index (χ4v) is 3.28. The summed E-state index contributed by atoms with van der Waals surface area (Å²) < 4.78 is 39.6. The quantitative estimate of drug-likeness (QED) is 0.923. The molecule has 0 fully saturated rings. The van der Waals surface area contributed by atoms with E-state index < -0.39 is 21.7 Å². The molecule has 0 saturated heterocycles. The van der Waals surface area contributed by atoms with E-state index in [-0.39, 0.29) is 27.8 Å². The Labute approximate surface area is 134 Å². The summed E-state index contributed by atoms with van der Waals surface area (Å²) in [6.07, 6.45) is 3.11. The van der Waals surface area contributed by atoms with E-state index >= 15 is 0 Å². The zero-order valence-electron chi connectivity index (χ0n) is 13.1. The van der Waals surface area contributed by atoms with Crippen LogP contribution in [0.4, 0.5) is 4.39 Å². The number of sulfonamides is 1. The first-order chi connectivity index (χ1) is 10.6. The molecule has 1 amide bonds. The van der Waals surface area contributed by atoms with Crippen LogP contribution in [0.2, 0.25) is 0 Å². The Hall–Kier alpha value is -2.09. The van der Waals surface area contributed by atoms with Gasteiger partial charge in [-0.2, -0.15) is 0 Å². The molecule has 2 aromatic rings. The molecule has 1 N–H and O–H groups in total. The zero-order valence-corrected chi connectivity index (χ0v) is 13.9. The fraction of sp³-hybridized carbons (Fsp3) is 0.400. The molecular weight excluding hydrogens is 321 g/mol. The van der Waals surface area contributed by atoms with E-state index in [0.717, 1.165) is 12.1 Å². The molecule has 0 saturated carbocycles. The van der Waals surface area contributed by atoms with Gasteiger partial charge in [0, 0.05) is 18.5 Å². The molecule has 0 radical (unpaired) electrons. The Morgan fingerprint density at radius 1 is 1.22 bits per heavy atom. The minimum atomic E-state index is -3.81. The predicted octanol–water partition coefficient (Wildman–Crippen LogP) is 2.26. The molecule has 0 aliphatic carbocycles. The molecule has 0 aliphatic heterocycles. The smallest absolute Gasteiger partial charge is 0.267 e. The van der Waals surface area contributed by atoms with E-state index in [1.807, 2.05) is 25.5 Å². The highest BCUT2D eigenvalue weighted by Gasteiger charge is 2.22. The van der Waals surface area contributed by atoms with Gasteiger partial charge in [0.2, 0.25) is 10.0 Å². The molecule has 0 spiro atoms. The van der Waals surface area contributed by atoms with Crippen molar-refractivity contribution in [3.8, 4) is 0 Å². The number of carbonyl (C=O) groups is 1. The van der Waals surface area contributed by atoms with Crippen molar-refractivity contribution in [2.45, 2.75) is 27.2 Å². The average Bonchev–Trinajstić information content (AvgIpc) is 2.43. The largest absolute Gasteiger partial charge is 0.268 e. The van der Waals surface area contributed by atoms with E-state index in [2.05, 4.69) is 9.97 Å². The highest BCUT2D eigenvalue weighted by Crippen LogP contribution is 2.20. The molecule has 0 aliphatic rings. The minimum Gasteiger partial charge on any atom is -0.268 e. The van der Waals surface area contributed by atoms with Gasteiger partial charge in [-0.15, -0.1) is 0 Å². The number of fused-ring (bicyclic) bond motifs is 1. The summed E-state index contributed by atoms with van der Waals surface area (Å²) in [4.78, 5) is 20.1. The van der Waals surface area contributed by atoms with Crippen molar-refractivity contribution in [2.75, 3.05) is 5.75 Å². The van der Waals surface area contributed by atoms with Crippen molar-refractivity contribution in [1.29, 1.82) is 0 Å². The van der Waals surface area contributed by atoms with Crippen LogP contribution in [0.25, 0.3) is 11.0 Å². The lowest BCUT2D eigenvalue weighted by molar-refractivity contribution is 0.0982. The Kier molecular flexibility index (Phi) is 4.65. The number of aromatic nitrogens is 2. The Morgan fingerprint density at radius 3 is 2.52 bits per heavy atom. The van der Waals surface area contributed by atoms with E-state index in [9.17, 15) is 17.6 Å². The molecule has 1 aromatic heterocycles. The molecule has 1 heterocycles. The third kappa shape index (κ3) is 4.69. The Morgan fingerprint density at radius 2 is 1.87 bits per heavy atom. The van der Waals surface area contributed by atoms with E-state index in [1.54, 1.807) is 0 Å². The number of rotatable bonds is 4. The topological polar surface area (TPSA) is 89.0 Å². The molecule has 0 unspecified atom stereocenters. The third-order valence-electron chi connectivity index (χ3n) is 3.15. The number of nitrogens with zero attached hydrogens (tertiary/aromatic N) is 2. The summed E-state index contributed by atoms with van der Waals surface area (Å²) in [6, 6.07) is 2.08. The lowest BCUT2D eigenvalue weighted by atomic mass is 9.94. The molecule has 6 nitrogen and oxygen atoms in total. The van der Waals surface area contributed by atoms with Crippen molar-refractivity contribution in [3.05, 3.63) is 35.9 Å². The summed E-state index contributed by atoms with van der Waals surface area (Å²) in [5.74, 6) is -1.79. The number of benzene rings is 1. The van der Waals surface area contributed by atoms with Gasteiger partial charge < -0.3 is 0 Å². The van der Waals surface area contributed by atoms with Crippen LogP contribution in [0.5, 0.6) is 0 Å². The molecular formula is C15H18FN3O3S. The second kappa shape index (κ2) is 6.19. The maximum atomic E-state index is 13.6. The first-order valence-corrected chi connectivity index (χ1v) is 8.68. The lowest BCUT2D eigenvalue weighted by Crippen LogP contribution is -2.34. The van der Waals surface area contributed by atoms with Crippen molar-refractivity contribution >= 4 is 27.0 Å². The molecule has 23 heavy (non-hydrogen) atoms. The van der Waals surface area contributed by atoms with Gasteiger partial charge in [-0.05, 0) is 17.9 Å². The highest BCUT2D eigenvalue weighted by molar-refractivity contribution is 7.90. The second-order valence-electron chi connectivity index (χ2n) is 6.44. The summed E-state index contributed by atoms with van der Waals surface area (Å²) in [5.41, 5.74) is -0.0101. The third-order valence-corrected chi connectivity index (χ3v) is 4.39. The Balaban J connectivity index is 2.28. The molecule has 8 heteroatoms. The Bertz CT molecular complexity index is 845. The van der Waals surface area contributed by atoms with Gasteiger partial charge >= 0.3 is 0 Å². The number of halogens is 1. The van der Waals surface area contributed by atoms with Crippen LogP contribution in [0.1, 0.15) is 37.6 Å². The number of hydrogen-bond acceptors (Lipinski definition) is 5. The maximum Gasteiger partial charge on any atom is 0.267 e. The summed E-state index contributed by atoms with van der Waals surface area (Å²) >= 11 is 0. The fourth-order valence-electron chi connectivity index (χ4n) is 1.90. The van der Waals surface area contributed by atoms with Crippen LogP contribution < -0.4 is 4.72 Å². The number of carbonyl (C=O) groups excluding carboxylic acids is 1. The van der Waals surface area contributed by atoms with Crippen LogP contribution in [0.3, 0.4) is 0 Å². The van der Waals surface area contributed by atoms with Crippen molar-refractivity contribution < 1.29 is 17.6 Å². The summed E-state index contributed by atoms with van der Waals surface area (Å²) in [5, 5.41) is 0. The van der Waals surface area contributed by atoms with E-state index in [1.165, 1.54) is 12.4 Å². The van der Waals surface area contributed by atoms with Crippen LogP contribution in [-0.4, -0.2) is 30.0 Å². The van der Waals surface area contributed by atoms with Crippen molar-refractivity contribution in [3.63, 3.8) is 0 Å². The summed E-state index contributed by atoms with van der Waals surface area (Å²) in [7, 11) is -3.81. The minimum absolute atomic E-state index is 0.150. The van der Waals surface area contributed by atoms with Gasteiger partial charge in [0.15, 0.2) is 0 Å². The average molecular weight is 339 g/mol. The molecule has 1 aromatic carbocycles. The van der Waals surface area contributed by atoms with E-state index in [4.69, 9.17) is 0 Å². The van der Waals surface area contributed by atoms with E-state index in [0.29, 0.717) is 6.42 Å². The molecule has 124 valence electrons.